The number of aliphatic hydroxyl groups is 1. The quantitative estimate of drug-likeness (QED) is 0.0847. The molecule has 2 amide bonds. The van der Waals surface area contributed by atoms with Crippen molar-refractivity contribution < 1.29 is 29.6 Å². The van der Waals surface area contributed by atoms with E-state index >= 15 is 0 Å². The summed E-state index contributed by atoms with van der Waals surface area (Å²) >= 11 is 0. The molecule has 2 heterocycles. The van der Waals surface area contributed by atoms with Crippen molar-refractivity contribution in [2.45, 2.75) is 31.8 Å². The summed E-state index contributed by atoms with van der Waals surface area (Å²) in [6.07, 6.45) is -2.00. The number of phenols is 1. The minimum Gasteiger partial charge on any atom is -0.506 e. The van der Waals surface area contributed by atoms with Crippen LogP contribution in [0.25, 0.3) is 10.9 Å². The number of aliphatic hydroxyl groups excluding tert-OH is 1. The number of benzene rings is 4. The third-order valence-corrected chi connectivity index (χ3v) is 8.60. The highest BCUT2D eigenvalue weighted by atomic mass is 16.5. The number of hydrogen-bond donors (Lipinski definition) is 7. The number of amides is 2. The average Bonchev–Trinajstić information content (AvgIpc) is 3.53. The molecular formula is C39H38N6O7. The maximum absolute atomic E-state index is 13.0. The number of nitrogens with one attached hydrogen (secondary N) is 4. The number of fused-ring (bicyclic) bond motifs is 1. The summed E-state index contributed by atoms with van der Waals surface area (Å²) in [7, 11) is 1.73. The van der Waals surface area contributed by atoms with Gasteiger partial charge in [-0.15, -0.1) is 0 Å². The fourth-order valence-corrected chi connectivity index (χ4v) is 5.88. The zero-order valence-corrected chi connectivity index (χ0v) is 28.2. The van der Waals surface area contributed by atoms with Crippen LogP contribution in [0.1, 0.15) is 56.1 Å². The second kappa shape index (κ2) is 16.1. The lowest BCUT2D eigenvalue weighted by atomic mass is 9.99. The molecule has 2 aromatic heterocycles. The third kappa shape index (κ3) is 8.64. The summed E-state index contributed by atoms with van der Waals surface area (Å²) in [6, 6.07) is 31.3. The number of aromatic amines is 1. The predicted molar refractivity (Wildman–Crippen MR) is 194 cm³/mol. The van der Waals surface area contributed by atoms with E-state index in [1.54, 1.807) is 48.1 Å². The van der Waals surface area contributed by atoms with Crippen molar-refractivity contribution in [3.05, 3.63) is 159 Å². The lowest BCUT2D eigenvalue weighted by Gasteiger charge is -2.19. The van der Waals surface area contributed by atoms with Gasteiger partial charge in [-0.1, -0.05) is 72.8 Å². The molecule has 4 aromatic carbocycles. The van der Waals surface area contributed by atoms with Gasteiger partial charge in [0.25, 0.3) is 5.91 Å². The highest BCUT2D eigenvalue weighted by Gasteiger charge is 2.18. The van der Waals surface area contributed by atoms with Crippen LogP contribution in [0.3, 0.4) is 0 Å². The van der Waals surface area contributed by atoms with Gasteiger partial charge in [0.2, 0.25) is 5.56 Å². The monoisotopic (exact) mass is 702 g/mol. The highest BCUT2D eigenvalue weighted by molar-refractivity contribution is 5.92. The zero-order valence-electron chi connectivity index (χ0n) is 28.2. The zero-order chi connectivity index (χ0) is 36.6. The topological polar surface area (TPSA) is 191 Å². The summed E-state index contributed by atoms with van der Waals surface area (Å²) < 4.78 is 7.60. The van der Waals surface area contributed by atoms with Crippen molar-refractivity contribution in [2.75, 3.05) is 6.54 Å². The van der Waals surface area contributed by atoms with Crippen LogP contribution in [0, 0.1) is 0 Å². The first-order valence-corrected chi connectivity index (χ1v) is 16.5. The van der Waals surface area contributed by atoms with E-state index in [1.807, 2.05) is 60.7 Å². The Balaban J connectivity index is 0.987. The van der Waals surface area contributed by atoms with Crippen molar-refractivity contribution >= 4 is 22.9 Å². The third-order valence-electron chi connectivity index (χ3n) is 8.60. The predicted octanol–water partition coefficient (Wildman–Crippen LogP) is 4.66. The highest BCUT2D eigenvalue weighted by Crippen LogP contribution is 2.29. The van der Waals surface area contributed by atoms with Gasteiger partial charge in [-0.3, -0.25) is 14.3 Å². The molecule has 0 bridgehead atoms. The number of ether oxygens (including phenoxy) is 1. The molecule has 6 aromatic rings. The van der Waals surface area contributed by atoms with Crippen molar-refractivity contribution in [1.29, 1.82) is 0 Å². The van der Waals surface area contributed by atoms with E-state index in [0.717, 1.165) is 22.3 Å². The number of carboxylic acid groups (broad SMARTS) is 1. The molecule has 6 rings (SSSR count). The Labute approximate surface area is 298 Å². The number of aromatic nitrogens is 3. The van der Waals surface area contributed by atoms with Crippen LogP contribution in [0.5, 0.6) is 11.5 Å². The molecule has 0 radical (unpaired) electrons. The van der Waals surface area contributed by atoms with Crippen molar-refractivity contribution in [3.63, 3.8) is 0 Å². The Hall–Kier alpha value is -6.44. The molecule has 0 spiro atoms. The number of H-pyrrole nitrogens is 1. The lowest BCUT2D eigenvalue weighted by molar-refractivity contribution is 0.0945. The standard InChI is InChI=1S/C39H38N6O7/c1-45-28(23-52-29-9-5-8-27(18-29)36(43-39(50)51)26-6-3-2-4-7-26)19-32(44-45)38(49)41-21-25-12-10-24(11-13-25)20-40-22-34(47)30-14-16-33(46)37-31(30)15-17-35(48)42-37/h2-19,34,36,40,43,46-47H,20-23H2,1H3,(H,41,49)(H,42,48)(H,50,51)/t34-,36-/m0/s1. The van der Waals surface area contributed by atoms with E-state index in [0.29, 0.717) is 35.5 Å². The molecular weight excluding hydrogens is 664 g/mol. The van der Waals surface area contributed by atoms with Crippen LogP contribution in [0.15, 0.2) is 114 Å². The van der Waals surface area contributed by atoms with Crippen molar-refractivity contribution in [3.8, 4) is 11.5 Å². The van der Waals surface area contributed by atoms with E-state index in [9.17, 15) is 29.7 Å². The van der Waals surface area contributed by atoms with E-state index in [4.69, 9.17) is 4.74 Å². The van der Waals surface area contributed by atoms with Crippen LogP contribution >= 0.6 is 0 Å². The van der Waals surface area contributed by atoms with Gasteiger partial charge in [0, 0.05) is 38.1 Å². The van der Waals surface area contributed by atoms with Crippen LogP contribution in [-0.2, 0) is 26.7 Å². The second-order valence-corrected chi connectivity index (χ2v) is 12.2. The fourth-order valence-electron chi connectivity index (χ4n) is 5.88. The van der Waals surface area contributed by atoms with E-state index in [1.165, 1.54) is 12.1 Å². The molecule has 0 aliphatic carbocycles. The van der Waals surface area contributed by atoms with Crippen molar-refractivity contribution in [2.24, 2.45) is 7.05 Å². The number of aryl methyl sites for hydroxylation is 1. The summed E-state index contributed by atoms with van der Waals surface area (Å²) in [5.74, 6) is 0.145. The largest absolute Gasteiger partial charge is 0.506 e. The molecule has 266 valence electrons. The summed E-state index contributed by atoms with van der Waals surface area (Å²) in [4.78, 5) is 38.8. The number of carbonyl (C=O) groups excluding carboxylic acids is 1. The molecule has 0 aliphatic heterocycles. The van der Waals surface area contributed by atoms with Gasteiger partial charge < -0.3 is 41.0 Å². The second-order valence-electron chi connectivity index (χ2n) is 12.2. The number of carbonyl (C=O) groups is 2. The molecule has 52 heavy (non-hydrogen) atoms. The van der Waals surface area contributed by atoms with Gasteiger partial charge in [-0.2, -0.15) is 5.10 Å². The van der Waals surface area contributed by atoms with Gasteiger partial charge in [-0.25, -0.2) is 4.79 Å². The number of aromatic hydroxyl groups is 1. The van der Waals surface area contributed by atoms with Crippen LogP contribution in [0.4, 0.5) is 4.79 Å². The first kappa shape index (κ1) is 35.4. The summed E-state index contributed by atoms with van der Waals surface area (Å²) in [5.41, 5.74) is 4.86. The summed E-state index contributed by atoms with van der Waals surface area (Å²) in [6.45, 7) is 1.18. The van der Waals surface area contributed by atoms with Crippen LogP contribution in [-0.4, -0.2) is 48.6 Å². The number of phenolic OH excluding ortho intramolecular Hbond substituents is 1. The van der Waals surface area contributed by atoms with Crippen LogP contribution < -0.4 is 26.2 Å². The first-order chi connectivity index (χ1) is 25.1. The fraction of sp³-hybridized carbons (Fsp3) is 0.179. The molecule has 2 atom stereocenters. The SMILES string of the molecule is Cn1nc(C(=O)NCc2ccc(CNC[C@H](O)c3ccc(O)c4[nH]c(=O)ccc34)cc2)cc1COc1cccc([C@@H](NC(=O)O)c2ccccc2)c1. The van der Waals surface area contributed by atoms with Gasteiger partial charge >= 0.3 is 6.09 Å². The van der Waals surface area contributed by atoms with E-state index < -0.39 is 18.2 Å². The Kier molecular flexibility index (Phi) is 10.9. The molecule has 0 saturated heterocycles. The van der Waals surface area contributed by atoms with Crippen LogP contribution in [0.2, 0.25) is 0 Å². The molecule has 13 heteroatoms. The number of nitrogens with zero attached hydrogens (tertiary/aromatic N) is 2. The van der Waals surface area contributed by atoms with Gasteiger partial charge in [-0.05, 0) is 58.1 Å². The molecule has 0 fully saturated rings. The normalized spacial score (nSPS) is 12.3. The molecule has 0 saturated carbocycles. The van der Waals surface area contributed by atoms with E-state index in [-0.39, 0.29) is 41.6 Å². The maximum Gasteiger partial charge on any atom is 0.405 e. The molecule has 13 nitrogen and oxygen atoms in total. The smallest absolute Gasteiger partial charge is 0.405 e. The van der Waals surface area contributed by atoms with Gasteiger partial charge in [0.15, 0.2) is 5.69 Å². The van der Waals surface area contributed by atoms with Crippen molar-refractivity contribution in [1.82, 2.24) is 30.7 Å². The summed E-state index contributed by atoms with van der Waals surface area (Å²) in [5, 5.41) is 43.9. The van der Waals surface area contributed by atoms with Gasteiger partial charge in [0.1, 0.15) is 18.1 Å². The average molecular weight is 703 g/mol. The molecule has 0 unspecified atom stereocenters. The maximum atomic E-state index is 13.0. The first-order valence-electron chi connectivity index (χ1n) is 16.5. The number of rotatable bonds is 14. The minimum absolute atomic E-state index is 0.0610. The Bertz CT molecular complexity index is 2230. The Morgan fingerprint density at radius 2 is 1.62 bits per heavy atom. The number of hydrogen-bond acceptors (Lipinski definition) is 8. The number of pyridine rings is 1. The Morgan fingerprint density at radius 1 is 0.885 bits per heavy atom. The Morgan fingerprint density at radius 3 is 2.37 bits per heavy atom. The molecule has 0 aliphatic rings. The molecule has 7 N–H and O–H groups in total. The minimum atomic E-state index is -1.14. The van der Waals surface area contributed by atoms with Gasteiger partial charge in [0.05, 0.1) is 23.4 Å². The van der Waals surface area contributed by atoms with E-state index in [2.05, 4.69) is 26.0 Å². The lowest BCUT2D eigenvalue weighted by Crippen LogP contribution is -2.27.